The van der Waals surface area contributed by atoms with E-state index in [1.54, 1.807) is 18.2 Å². The van der Waals surface area contributed by atoms with E-state index in [4.69, 9.17) is 13.7 Å². The average molecular weight is 445 g/mol. The van der Waals surface area contributed by atoms with Crippen molar-refractivity contribution in [3.05, 3.63) is 35.9 Å². The first-order valence-corrected chi connectivity index (χ1v) is 10.7. The Balaban J connectivity index is 2.43. The molecule has 0 saturated carbocycles. The molecule has 1 rings (SSSR count). The van der Waals surface area contributed by atoms with Gasteiger partial charge < -0.3 is 19.9 Å². The molecule has 0 aliphatic rings. The van der Waals surface area contributed by atoms with Crippen molar-refractivity contribution in [2.45, 2.75) is 33.3 Å². The van der Waals surface area contributed by atoms with Crippen molar-refractivity contribution in [3.63, 3.8) is 0 Å². The Bertz CT molecular complexity index is 822. The zero-order valence-electron chi connectivity index (χ0n) is 17.1. The Kier molecular flexibility index (Phi) is 9.90. The number of hydrogen-bond donors (Lipinski definition) is 2. The second kappa shape index (κ2) is 11.6. The van der Waals surface area contributed by atoms with Crippen LogP contribution < -0.4 is 5.32 Å². The van der Waals surface area contributed by atoms with Crippen LogP contribution in [0.25, 0.3) is 0 Å². The number of aliphatic hydroxyl groups excluding tert-OH is 1. The number of nitrogens with one attached hydrogen (secondary N) is 1. The van der Waals surface area contributed by atoms with E-state index in [-0.39, 0.29) is 30.2 Å². The van der Waals surface area contributed by atoms with Crippen molar-refractivity contribution in [3.8, 4) is 0 Å². The summed E-state index contributed by atoms with van der Waals surface area (Å²) in [4.78, 5) is 34.5. The molecule has 1 aromatic rings. The predicted octanol–water partition coefficient (Wildman–Crippen LogP) is 0.604. The normalized spacial score (nSPS) is 12.7. The molecule has 0 heterocycles. The summed E-state index contributed by atoms with van der Waals surface area (Å²) in [5, 5.41) is 12.6. The van der Waals surface area contributed by atoms with Crippen LogP contribution in [0.2, 0.25) is 0 Å². The van der Waals surface area contributed by atoms with Crippen molar-refractivity contribution >= 4 is 28.0 Å². The number of aliphatic hydroxyl groups is 1. The van der Waals surface area contributed by atoms with Gasteiger partial charge >= 0.3 is 11.9 Å². The predicted molar refractivity (Wildman–Crippen MR) is 106 cm³/mol. The molecule has 0 fully saturated rings. The van der Waals surface area contributed by atoms with Gasteiger partial charge in [-0.05, 0) is 18.6 Å². The lowest BCUT2D eigenvalue weighted by atomic mass is 9.88. The smallest absolute Gasteiger partial charge is 0.340 e. The van der Waals surface area contributed by atoms with E-state index in [2.05, 4.69) is 5.32 Å². The molecule has 1 atom stereocenters. The summed E-state index contributed by atoms with van der Waals surface area (Å²) >= 11 is 0. The molecule has 30 heavy (non-hydrogen) atoms. The molecular formula is C19H27NO9S. The van der Waals surface area contributed by atoms with Crippen LogP contribution in [0.3, 0.4) is 0 Å². The summed E-state index contributed by atoms with van der Waals surface area (Å²) in [6, 6.07) is 8.05. The minimum Gasteiger partial charge on any atom is -0.426 e. The number of benzene rings is 1. The van der Waals surface area contributed by atoms with Crippen molar-refractivity contribution in [1.82, 2.24) is 5.32 Å². The van der Waals surface area contributed by atoms with Crippen LogP contribution in [-0.2, 0) is 33.4 Å². The van der Waals surface area contributed by atoms with Gasteiger partial charge in [0.05, 0.1) is 17.9 Å². The molecule has 1 amide bonds. The Morgan fingerprint density at radius 3 is 2.37 bits per heavy atom. The molecule has 11 heteroatoms. The summed E-state index contributed by atoms with van der Waals surface area (Å²) in [7, 11) is -3.91. The van der Waals surface area contributed by atoms with E-state index in [1.807, 2.05) is 0 Å². The van der Waals surface area contributed by atoms with Gasteiger partial charge in [-0.25, -0.2) is 9.59 Å². The van der Waals surface area contributed by atoms with Crippen molar-refractivity contribution in [1.29, 1.82) is 0 Å². The number of ether oxygens (including phenoxy) is 2. The highest BCUT2D eigenvalue weighted by Crippen LogP contribution is 2.23. The highest BCUT2D eigenvalue weighted by molar-refractivity contribution is 7.86. The first-order chi connectivity index (χ1) is 13.9. The lowest BCUT2D eigenvalue weighted by Crippen LogP contribution is -2.42. The van der Waals surface area contributed by atoms with Gasteiger partial charge in [-0.1, -0.05) is 32.0 Å². The summed E-state index contributed by atoms with van der Waals surface area (Å²) in [6.07, 6.45) is -1.57. The van der Waals surface area contributed by atoms with Gasteiger partial charge in [0.15, 0.2) is 6.10 Å². The molecule has 10 nitrogen and oxygen atoms in total. The third-order valence-electron chi connectivity index (χ3n) is 3.92. The fourth-order valence-corrected chi connectivity index (χ4v) is 3.19. The molecule has 0 aliphatic heterocycles. The third kappa shape index (κ3) is 9.33. The summed E-state index contributed by atoms with van der Waals surface area (Å²) in [5.74, 6) is -2.40. The van der Waals surface area contributed by atoms with Gasteiger partial charge in [-0.3, -0.25) is 8.98 Å². The number of carbonyl (C=O) groups is 3. The lowest BCUT2D eigenvalue weighted by Gasteiger charge is -2.28. The summed E-state index contributed by atoms with van der Waals surface area (Å²) in [6.45, 7) is 3.15. The molecule has 0 radical (unpaired) electrons. The van der Waals surface area contributed by atoms with E-state index < -0.39 is 47.0 Å². The molecule has 0 unspecified atom stereocenters. The zero-order chi connectivity index (χ0) is 22.8. The van der Waals surface area contributed by atoms with Crippen LogP contribution in [0.15, 0.2) is 30.3 Å². The van der Waals surface area contributed by atoms with Gasteiger partial charge in [0, 0.05) is 18.9 Å². The Labute approximate surface area is 175 Å². The second-order valence-electron chi connectivity index (χ2n) is 7.13. The molecule has 0 spiro atoms. The number of esters is 2. The Hall–Kier alpha value is -2.50. The van der Waals surface area contributed by atoms with E-state index >= 15 is 0 Å². The van der Waals surface area contributed by atoms with E-state index in [0.717, 1.165) is 0 Å². The second-order valence-corrected chi connectivity index (χ2v) is 8.89. The Morgan fingerprint density at radius 2 is 1.77 bits per heavy atom. The van der Waals surface area contributed by atoms with Gasteiger partial charge in [0.1, 0.15) is 0 Å². The molecule has 0 aromatic heterocycles. The van der Waals surface area contributed by atoms with Crippen LogP contribution in [0.5, 0.6) is 0 Å². The number of amides is 1. The minimum atomic E-state index is -3.91. The molecule has 0 saturated heterocycles. The van der Waals surface area contributed by atoms with E-state index in [1.165, 1.54) is 32.9 Å². The van der Waals surface area contributed by atoms with Gasteiger partial charge in [0.25, 0.3) is 10.1 Å². The van der Waals surface area contributed by atoms with Crippen LogP contribution in [0, 0.1) is 5.41 Å². The third-order valence-corrected chi connectivity index (χ3v) is 5.19. The summed E-state index contributed by atoms with van der Waals surface area (Å²) in [5.41, 5.74) is -1.03. The first kappa shape index (κ1) is 25.5. The fourth-order valence-electron chi connectivity index (χ4n) is 2.09. The largest absolute Gasteiger partial charge is 0.426 e. The SMILES string of the molecule is CC(=O)NCCCS(=O)(=O)OCC(C)(C)[C@@H](O)C(=O)OCOC(=O)c1ccccc1. The molecule has 0 aliphatic carbocycles. The average Bonchev–Trinajstić information content (AvgIpc) is 2.69. The quantitative estimate of drug-likeness (QED) is 0.204. The maximum Gasteiger partial charge on any atom is 0.340 e. The van der Waals surface area contributed by atoms with Crippen molar-refractivity contribution in [2.24, 2.45) is 5.41 Å². The highest BCUT2D eigenvalue weighted by Gasteiger charge is 2.36. The number of rotatable bonds is 12. The van der Waals surface area contributed by atoms with Crippen LogP contribution >= 0.6 is 0 Å². The van der Waals surface area contributed by atoms with Crippen LogP contribution in [0.1, 0.15) is 37.6 Å². The van der Waals surface area contributed by atoms with Crippen molar-refractivity contribution < 1.29 is 41.6 Å². The molecular weight excluding hydrogens is 418 g/mol. The first-order valence-electron chi connectivity index (χ1n) is 9.13. The van der Waals surface area contributed by atoms with Crippen molar-refractivity contribution in [2.75, 3.05) is 25.7 Å². The standard InChI is InChI=1S/C19H27NO9S/c1-14(21)20-10-7-11-30(25,26)29-12-19(2,3)16(22)18(24)28-13-27-17(23)15-8-5-4-6-9-15/h4-6,8-9,16,22H,7,10-13H2,1-3H3,(H,20,21)/t16-/m0/s1. The van der Waals surface area contributed by atoms with Gasteiger partial charge in [0.2, 0.25) is 12.7 Å². The summed E-state index contributed by atoms with van der Waals surface area (Å²) < 4.78 is 38.2. The monoisotopic (exact) mass is 445 g/mol. The number of hydrogen-bond acceptors (Lipinski definition) is 9. The lowest BCUT2D eigenvalue weighted by molar-refractivity contribution is -0.169. The highest BCUT2D eigenvalue weighted by atomic mass is 32.2. The van der Waals surface area contributed by atoms with E-state index in [9.17, 15) is 27.9 Å². The topological polar surface area (TPSA) is 145 Å². The zero-order valence-corrected chi connectivity index (χ0v) is 17.9. The van der Waals surface area contributed by atoms with Crippen LogP contribution in [-0.4, -0.2) is 63.2 Å². The maximum atomic E-state index is 12.0. The maximum absolute atomic E-state index is 12.0. The fraction of sp³-hybridized carbons (Fsp3) is 0.526. The minimum absolute atomic E-state index is 0.152. The number of carbonyl (C=O) groups excluding carboxylic acids is 3. The molecule has 2 N–H and O–H groups in total. The Morgan fingerprint density at radius 1 is 1.13 bits per heavy atom. The van der Waals surface area contributed by atoms with Gasteiger partial charge in [-0.15, -0.1) is 0 Å². The molecule has 1 aromatic carbocycles. The van der Waals surface area contributed by atoms with Crippen LogP contribution in [0.4, 0.5) is 0 Å². The molecule has 168 valence electrons. The van der Waals surface area contributed by atoms with Gasteiger partial charge in [-0.2, -0.15) is 8.42 Å². The van der Waals surface area contributed by atoms with E-state index in [0.29, 0.717) is 0 Å². The molecule has 0 bridgehead atoms.